The molecule has 12 heteroatoms. The molecule has 1 aliphatic heterocycles. The topological polar surface area (TPSA) is 200 Å². The smallest absolute Gasteiger partial charge is 0.405 e. The van der Waals surface area contributed by atoms with Crippen LogP contribution in [0.2, 0.25) is 0 Å². The van der Waals surface area contributed by atoms with Gasteiger partial charge in [0.2, 0.25) is 11.6 Å². The zero-order valence-electron chi connectivity index (χ0n) is 23.4. The molecule has 0 saturated carbocycles. The molecule has 1 heterocycles. The van der Waals surface area contributed by atoms with Crippen LogP contribution in [0.5, 0.6) is 0 Å². The van der Waals surface area contributed by atoms with Gasteiger partial charge in [0.1, 0.15) is 6.10 Å². The molecular formula is C28H39N3O9. The number of rotatable bonds is 4. The van der Waals surface area contributed by atoms with Crippen molar-refractivity contribution in [1.29, 1.82) is 0 Å². The van der Waals surface area contributed by atoms with Crippen molar-refractivity contribution in [2.75, 3.05) is 20.8 Å². The fraction of sp³-hybridized carbons (Fsp3) is 0.500. The first-order valence-corrected chi connectivity index (χ1v) is 12.8. The van der Waals surface area contributed by atoms with Gasteiger partial charge in [0.25, 0.3) is 5.91 Å². The first-order chi connectivity index (χ1) is 18.8. The number of allylic oxidation sites excluding steroid dienone is 4. The third-order valence-corrected chi connectivity index (χ3v) is 6.89. The summed E-state index contributed by atoms with van der Waals surface area (Å²) in [6.45, 7) is 4.47. The number of fused-ring (bicyclic) bond motifs is 2. The van der Waals surface area contributed by atoms with Crippen LogP contribution in [0.15, 0.2) is 58.5 Å². The number of ether oxygens (including phenoxy) is 3. The average molecular weight is 562 g/mol. The molecule has 0 aromatic rings. The number of primary amides is 1. The van der Waals surface area contributed by atoms with Crippen LogP contribution >= 0.6 is 0 Å². The zero-order valence-corrected chi connectivity index (χ0v) is 23.4. The highest BCUT2D eigenvalue weighted by molar-refractivity contribution is 6.23. The average Bonchev–Trinajstić information content (AvgIpc) is 2.91. The minimum atomic E-state index is -1.15. The molecule has 2 amide bonds. The number of aliphatic hydroxyl groups is 2. The summed E-state index contributed by atoms with van der Waals surface area (Å²) in [6, 6.07) is 0. The summed E-state index contributed by atoms with van der Waals surface area (Å²) < 4.78 is 16.3. The summed E-state index contributed by atoms with van der Waals surface area (Å²) in [6.07, 6.45) is 2.34. The number of aliphatic hydroxyl groups excluding tert-OH is 2. The second-order valence-corrected chi connectivity index (χ2v) is 9.96. The molecule has 2 rings (SSSR count). The van der Waals surface area contributed by atoms with Crippen LogP contribution in [0.25, 0.3) is 0 Å². The van der Waals surface area contributed by atoms with Gasteiger partial charge in [0.15, 0.2) is 6.10 Å². The number of nitrogens with one attached hydrogen (secondary N) is 1. The van der Waals surface area contributed by atoms with Gasteiger partial charge >= 0.3 is 6.09 Å². The summed E-state index contributed by atoms with van der Waals surface area (Å²) in [5.74, 6) is -2.66. The number of Topliss-reactive ketones (excluding diaryl/α,β-unsaturated/α-hetero) is 1. The van der Waals surface area contributed by atoms with E-state index in [0.29, 0.717) is 0 Å². The summed E-state index contributed by atoms with van der Waals surface area (Å²) in [5, 5.41) is 23.7. The normalized spacial score (nSPS) is 32.8. The molecule has 2 bridgehead atoms. The third-order valence-electron chi connectivity index (χ3n) is 6.89. The number of nitrogens with two attached hydrogens (primary N) is 2. The molecule has 0 unspecified atom stereocenters. The Morgan fingerprint density at radius 1 is 1.18 bits per heavy atom. The Kier molecular flexibility index (Phi) is 12.0. The Hall–Kier alpha value is -3.58. The molecule has 0 spiro atoms. The number of carbonyl (C=O) groups is 4. The molecule has 0 aromatic heterocycles. The van der Waals surface area contributed by atoms with E-state index in [0.717, 1.165) is 6.08 Å². The van der Waals surface area contributed by atoms with Crippen molar-refractivity contribution in [3.8, 4) is 0 Å². The fourth-order valence-electron chi connectivity index (χ4n) is 4.61. The monoisotopic (exact) mass is 561 g/mol. The molecule has 6 atom stereocenters. The molecule has 0 radical (unpaired) electrons. The van der Waals surface area contributed by atoms with Gasteiger partial charge in [-0.2, -0.15) is 0 Å². The maximum absolute atomic E-state index is 13.2. The summed E-state index contributed by atoms with van der Waals surface area (Å²) in [4.78, 5) is 50.2. The van der Waals surface area contributed by atoms with E-state index in [1.165, 1.54) is 39.4 Å². The minimum Gasteiger partial charge on any atom is -0.439 e. The van der Waals surface area contributed by atoms with Crippen LogP contribution < -0.4 is 16.8 Å². The molecule has 1 aliphatic carbocycles. The van der Waals surface area contributed by atoms with E-state index in [4.69, 9.17) is 25.7 Å². The van der Waals surface area contributed by atoms with Crippen LogP contribution in [-0.4, -0.2) is 79.0 Å². The van der Waals surface area contributed by atoms with Gasteiger partial charge in [-0.15, -0.1) is 0 Å². The SMILES string of the molecule is CO[C@H]1/C=C\C=C(/C)C(=O)NC2=CC(=O)C(N)=C(C[C@@H](C)C[C@H](OC)[C@H](O)[C@@H](C)/C=C(\CO)[C@@H]1OC(N)=O)C2=O. The Bertz CT molecular complexity index is 1150. The standard InChI is InChI=1S/C28H39N3O9/c1-14-9-18-23(29)20(33)12-19(25(18)35)31-27(36)15(2)7-6-8-21(38-4)26(40-28(30)37)17(13-32)11-16(3)24(34)22(10-14)39-5/h6-8,11-12,14,16,21-22,24,26,32,34H,9-10,13,29H2,1-5H3,(H2,30,37)(H,31,36)/b8-6-,15-7+,17-11+/t14-,16+,21+,22+,24-,26+/m1/s1. The number of hydrogen-bond acceptors (Lipinski definition) is 10. The molecular weight excluding hydrogens is 522 g/mol. The Labute approximate surface area is 233 Å². The summed E-state index contributed by atoms with van der Waals surface area (Å²) in [7, 11) is 2.79. The predicted molar refractivity (Wildman–Crippen MR) is 145 cm³/mol. The highest BCUT2D eigenvalue weighted by Crippen LogP contribution is 2.28. The molecule has 7 N–H and O–H groups in total. The molecule has 0 fully saturated rings. The van der Waals surface area contributed by atoms with Crippen molar-refractivity contribution in [2.24, 2.45) is 23.3 Å². The minimum absolute atomic E-state index is 0.0731. The van der Waals surface area contributed by atoms with Crippen LogP contribution in [0, 0.1) is 11.8 Å². The molecule has 40 heavy (non-hydrogen) atoms. The van der Waals surface area contributed by atoms with E-state index in [1.54, 1.807) is 13.0 Å². The van der Waals surface area contributed by atoms with Crippen molar-refractivity contribution in [1.82, 2.24) is 5.32 Å². The Morgan fingerprint density at radius 3 is 2.42 bits per heavy atom. The highest BCUT2D eigenvalue weighted by atomic mass is 16.6. The van der Waals surface area contributed by atoms with E-state index in [1.807, 2.05) is 6.92 Å². The molecule has 2 aliphatic rings. The van der Waals surface area contributed by atoms with Gasteiger partial charge in [0, 0.05) is 37.4 Å². The van der Waals surface area contributed by atoms with Gasteiger partial charge in [-0.3, -0.25) is 14.4 Å². The van der Waals surface area contributed by atoms with Crippen molar-refractivity contribution in [3.05, 3.63) is 58.5 Å². The van der Waals surface area contributed by atoms with Crippen molar-refractivity contribution in [3.63, 3.8) is 0 Å². The number of methoxy groups -OCH3 is 2. The Morgan fingerprint density at radius 2 is 1.85 bits per heavy atom. The zero-order chi connectivity index (χ0) is 30.1. The highest BCUT2D eigenvalue weighted by Gasteiger charge is 2.33. The number of amides is 2. The summed E-state index contributed by atoms with van der Waals surface area (Å²) in [5.41, 5.74) is 11.3. The second-order valence-electron chi connectivity index (χ2n) is 9.96. The maximum atomic E-state index is 13.2. The maximum Gasteiger partial charge on any atom is 0.405 e. The first kappa shape index (κ1) is 32.6. The lowest BCUT2D eigenvalue weighted by Crippen LogP contribution is -2.38. The summed E-state index contributed by atoms with van der Waals surface area (Å²) >= 11 is 0. The lowest BCUT2D eigenvalue weighted by Gasteiger charge is -2.30. The van der Waals surface area contributed by atoms with E-state index >= 15 is 0 Å². The predicted octanol–water partition coefficient (Wildman–Crippen LogP) is 0.693. The van der Waals surface area contributed by atoms with Gasteiger partial charge in [-0.25, -0.2) is 4.79 Å². The number of hydrogen-bond donors (Lipinski definition) is 5. The molecule has 0 aromatic carbocycles. The van der Waals surface area contributed by atoms with Crippen LogP contribution in [0.3, 0.4) is 0 Å². The second kappa shape index (κ2) is 14.7. The van der Waals surface area contributed by atoms with Crippen LogP contribution in [0.4, 0.5) is 4.79 Å². The lowest BCUT2D eigenvalue weighted by molar-refractivity contribution is -0.120. The molecule has 12 nitrogen and oxygen atoms in total. The van der Waals surface area contributed by atoms with Gasteiger partial charge < -0.3 is 41.2 Å². The Balaban J connectivity index is 2.61. The first-order valence-electron chi connectivity index (χ1n) is 12.8. The van der Waals surface area contributed by atoms with Gasteiger partial charge in [0.05, 0.1) is 30.2 Å². The van der Waals surface area contributed by atoms with E-state index in [2.05, 4.69) is 5.32 Å². The number of carbonyl (C=O) groups excluding carboxylic acids is 4. The molecule has 0 saturated heterocycles. The van der Waals surface area contributed by atoms with Crippen LogP contribution in [0.1, 0.15) is 33.6 Å². The van der Waals surface area contributed by atoms with Crippen molar-refractivity contribution in [2.45, 2.75) is 58.0 Å². The van der Waals surface area contributed by atoms with Gasteiger partial charge in [-0.05, 0) is 31.3 Å². The number of ketones is 2. The van der Waals surface area contributed by atoms with Gasteiger partial charge in [-0.1, -0.05) is 38.2 Å². The van der Waals surface area contributed by atoms with Crippen LogP contribution in [-0.2, 0) is 28.6 Å². The van der Waals surface area contributed by atoms with Crippen molar-refractivity contribution >= 4 is 23.6 Å². The van der Waals surface area contributed by atoms with E-state index < -0.39 is 60.5 Å². The fourth-order valence-corrected chi connectivity index (χ4v) is 4.61. The quantitative estimate of drug-likeness (QED) is 0.240. The van der Waals surface area contributed by atoms with Crippen molar-refractivity contribution < 1.29 is 43.6 Å². The molecule has 220 valence electrons. The largest absolute Gasteiger partial charge is 0.439 e. The van der Waals surface area contributed by atoms with E-state index in [-0.39, 0.29) is 46.9 Å². The lowest BCUT2D eigenvalue weighted by atomic mass is 9.85. The third kappa shape index (κ3) is 8.21. The van der Waals surface area contributed by atoms with E-state index in [9.17, 15) is 29.4 Å².